The summed E-state index contributed by atoms with van der Waals surface area (Å²) in [5.74, 6) is -1.28. The van der Waals surface area contributed by atoms with Crippen molar-refractivity contribution >= 4 is 15.8 Å². The molecule has 0 unspecified atom stereocenters. The zero-order valence-electron chi connectivity index (χ0n) is 11.4. The molecule has 0 aromatic heterocycles. The van der Waals surface area contributed by atoms with Gasteiger partial charge in [0.2, 0.25) is 0 Å². The Morgan fingerprint density at radius 1 is 1.32 bits per heavy atom. The lowest BCUT2D eigenvalue weighted by Crippen LogP contribution is -2.12. The molecule has 1 aromatic carbocycles. The predicted octanol–water partition coefficient (Wildman–Crippen LogP) is 2.74. The van der Waals surface area contributed by atoms with E-state index >= 15 is 0 Å². The summed E-state index contributed by atoms with van der Waals surface area (Å²) in [6.45, 7) is 8.92. The zero-order chi connectivity index (χ0) is 14.8. The fraction of sp³-hybridized carbons (Fsp3) is 0.357. The second-order valence-corrected chi connectivity index (χ2v) is 6.54. The van der Waals surface area contributed by atoms with Crippen LogP contribution in [-0.2, 0) is 9.84 Å². The van der Waals surface area contributed by atoms with Crippen molar-refractivity contribution in [2.45, 2.75) is 32.1 Å². The van der Waals surface area contributed by atoms with E-state index < -0.39 is 15.8 Å². The van der Waals surface area contributed by atoms with E-state index in [-0.39, 0.29) is 16.2 Å². The van der Waals surface area contributed by atoms with Crippen molar-refractivity contribution in [3.05, 3.63) is 41.0 Å². The minimum absolute atomic E-state index is 0.0104. The lowest BCUT2D eigenvalue weighted by atomic mass is 10.1. The maximum absolute atomic E-state index is 12.3. The van der Waals surface area contributed by atoms with Crippen LogP contribution in [0.1, 0.15) is 34.8 Å². The molecule has 0 spiro atoms. The maximum atomic E-state index is 12.3. The van der Waals surface area contributed by atoms with Gasteiger partial charge in [-0.1, -0.05) is 19.1 Å². The summed E-state index contributed by atoms with van der Waals surface area (Å²) in [5, 5.41) is 9.01. The van der Waals surface area contributed by atoms with Gasteiger partial charge in [-0.15, -0.1) is 0 Å². The molecule has 4 nitrogen and oxygen atoms in total. The lowest BCUT2D eigenvalue weighted by Gasteiger charge is -2.12. The molecule has 19 heavy (non-hydrogen) atoms. The van der Waals surface area contributed by atoms with E-state index in [4.69, 9.17) is 5.11 Å². The van der Waals surface area contributed by atoms with Crippen LogP contribution < -0.4 is 0 Å². The van der Waals surface area contributed by atoms with Gasteiger partial charge in [-0.25, -0.2) is 13.2 Å². The number of carboxylic acids is 1. The maximum Gasteiger partial charge on any atom is 0.335 e. The molecule has 0 bridgehead atoms. The summed E-state index contributed by atoms with van der Waals surface area (Å²) < 4.78 is 24.6. The third-order valence-corrected chi connectivity index (χ3v) is 4.98. The van der Waals surface area contributed by atoms with Crippen molar-refractivity contribution in [2.75, 3.05) is 5.75 Å². The molecular weight excluding hydrogens is 264 g/mol. The number of rotatable bonds is 5. The van der Waals surface area contributed by atoms with E-state index in [1.165, 1.54) is 12.1 Å². The standard InChI is InChI=1S/C14H18O4S/c1-5-9(2)8-19(17,18)13-7-12(14(15)16)6-10(3)11(13)4/h6-7H,2,5,8H2,1,3-4H3,(H,15,16). The van der Waals surface area contributed by atoms with Gasteiger partial charge in [-0.05, 0) is 43.5 Å². The number of aromatic carboxylic acids is 1. The zero-order valence-corrected chi connectivity index (χ0v) is 12.2. The SMILES string of the molecule is C=C(CC)CS(=O)(=O)c1cc(C(=O)O)cc(C)c1C. The van der Waals surface area contributed by atoms with E-state index in [9.17, 15) is 13.2 Å². The molecule has 5 heteroatoms. The van der Waals surface area contributed by atoms with Crippen molar-refractivity contribution in [3.8, 4) is 0 Å². The van der Waals surface area contributed by atoms with Crippen LogP contribution in [0.25, 0.3) is 0 Å². The first kappa shape index (κ1) is 15.4. The Balaban J connectivity index is 3.41. The molecule has 0 fully saturated rings. The minimum atomic E-state index is -3.54. The van der Waals surface area contributed by atoms with Gasteiger partial charge in [0.1, 0.15) is 0 Å². The van der Waals surface area contributed by atoms with Gasteiger partial charge in [0, 0.05) is 0 Å². The molecule has 0 aliphatic heterocycles. The fourth-order valence-corrected chi connectivity index (χ4v) is 3.55. The van der Waals surface area contributed by atoms with E-state index in [0.29, 0.717) is 23.1 Å². The molecular formula is C14H18O4S. The van der Waals surface area contributed by atoms with Crippen molar-refractivity contribution in [1.29, 1.82) is 0 Å². The van der Waals surface area contributed by atoms with Gasteiger partial charge >= 0.3 is 5.97 Å². The van der Waals surface area contributed by atoms with Gasteiger partial charge in [-0.2, -0.15) is 0 Å². The smallest absolute Gasteiger partial charge is 0.335 e. The Morgan fingerprint density at radius 2 is 1.89 bits per heavy atom. The van der Waals surface area contributed by atoms with Gasteiger partial charge in [0.15, 0.2) is 9.84 Å². The van der Waals surface area contributed by atoms with Crippen LogP contribution in [0.4, 0.5) is 0 Å². The Bertz CT molecular complexity index is 627. The molecule has 1 N–H and O–H groups in total. The fourth-order valence-electron chi connectivity index (χ4n) is 1.72. The first-order valence-electron chi connectivity index (χ1n) is 5.93. The number of benzene rings is 1. The molecule has 104 valence electrons. The first-order valence-corrected chi connectivity index (χ1v) is 7.58. The second kappa shape index (κ2) is 5.57. The first-order chi connectivity index (χ1) is 8.69. The van der Waals surface area contributed by atoms with Gasteiger partial charge in [0.05, 0.1) is 16.2 Å². The largest absolute Gasteiger partial charge is 0.478 e. The molecule has 0 saturated heterocycles. The second-order valence-electron chi connectivity index (χ2n) is 4.58. The van der Waals surface area contributed by atoms with Crippen LogP contribution in [0.5, 0.6) is 0 Å². The van der Waals surface area contributed by atoms with Crippen molar-refractivity contribution < 1.29 is 18.3 Å². The summed E-state index contributed by atoms with van der Waals surface area (Å²) in [7, 11) is -3.54. The molecule has 1 aromatic rings. The van der Waals surface area contributed by atoms with E-state index in [1.807, 2.05) is 6.92 Å². The summed E-state index contributed by atoms with van der Waals surface area (Å²) in [6.07, 6.45) is 0.579. The molecule has 0 amide bonds. The monoisotopic (exact) mass is 282 g/mol. The lowest BCUT2D eigenvalue weighted by molar-refractivity contribution is 0.0696. The topological polar surface area (TPSA) is 71.4 Å². The number of hydrogen-bond acceptors (Lipinski definition) is 3. The number of sulfone groups is 1. The van der Waals surface area contributed by atoms with E-state index in [2.05, 4.69) is 6.58 Å². The van der Waals surface area contributed by atoms with Gasteiger partial charge in [0.25, 0.3) is 0 Å². The number of carboxylic acid groups (broad SMARTS) is 1. The Morgan fingerprint density at radius 3 is 2.37 bits per heavy atom. The summed E-state index contributed by atoms with van der Waals surface area (Å²) >= 11 is 0. The number of carbonyl (C=O) groups is 1. The normalized spacial score (nSPS) is 11.3. The van der Waals surface area contributed by atoms with E-state index in [1.54, 1.807) is 13.8 Å². The Kier molecular flexibility index (Phi) is 4.52. The molecule has 0 atom stereocenters. The number of aryl methyl sites for hydroxylation is 1. The highest BCUT2D eigenvalue weighted by atomic mass is 32.2. The molecule has 0 aliphatic rings. The van der Waals surface area contributed by atoms with Crippen LogP contribution in [-0.4, -0.2) is 25.2 Å². The summed E-state index contributed by atoms with van der Waals surface area (Å²) in [4.78, 5) is 11.1. The Hall–Kier alpha value is -1.62. The average Bonchev–Trinajstić information content (AvgIpc) is 2.31. The van der Waals surface area contributed by atoms with Crippen LogP contribution in [0.15, 0.2) is 29.2 Å². The highest BCUT2D eigenvalue weighted by Crippen LogP contribution is 2.23. The number of hydrogen-bond donors (Lipinski definition) is 1. The highest BCUT2D eigenvalue weighted by Gasteiger charge is 2.21. The van der Waals surface area contributed by atoms with Crippen LogP contribution >= 0.6 is 0 Å². The van der Waals surface area contributed by atoms with Crippen molar-refractivity contribution in [3.63, 3.8) is 0 Å². The van der Waals surface area contributed by atoms with E-state index in [0.717, 1.165) is 0 Å². The van der Waals surface area contributed by atoms with Crippen LogP contribution in [0.2, 0.25) is 0 Å². The third-order valence-electron chi connectivity index (χ3n) is 3.10. The molecule has 0 saturated carbocycles. The van der Waals surface area contributed by atoms with Crippen molar-refractivity contribution in [2.24, 2.45) is 0 Å². The van der Waals surface area contributed by atoms with Crippen LogP contribution in [0.3, 0.4) is 0 Å². The minimum Gasteiger partial charge on any atom is -0.478 e. The average molecular weight is 282 g/mol. The third kappa shape index (κ3) is 3.44. The van der Waals surface area contributed by atoms with Crippen molar-refractivity contribution in [1.82, 2.24) is 0 Å². The molecule has 0 aliphatic carbocycles. The molecule has 0 radical (unpaired) electrons. The van der Waals surface area contributed by atoms with Crippen LogP contribution in [0, 0.1) is 13.8 Å². The highest BCUT2D eigenvalue weighted by molar-refractivity contribution is 7.91. The van der Waals surface area contributed by atoms with Gasteiger partial charge in [-0.3, -0.25) is 0 Å². The quantitative estimate of drug-likeness (QED) is 0.843. The summed E-state index contributed by atoms with van der Waals surface area (Å²) in [5.41, 5.74) is 1.84. The Labute approximate surface area is 113 Å². The molecule has 0 heterocycles. The van der Waals surface area contributed by atoms with Gasteiger partial charge < -0.3 is 5.11 Å². The molecule has 1 rings (SSSR count). The summed E-state index contributed by atoms with van der Waals surface area (Å²) in [6, 6.07) is 2.70. The predicted molar refractivity (Wildman–Crippen MR) is 74.4 cm³/mol.